The normalized spacial score (nSPS) is 17.5. The summed E-state index contributed by atoms with van der Waals surface area (Å²) < 4.78 is 5.42. The molecule has 0 atom stereocenters. The maximum atomic E-state index is 5.42. The van der Waals surface area contributed by atoms with Crippen molar-refractivity contribution in [2.45, 2.75) is 19.4 Å². The lowest BCUT2D eigenvalue weighted by atomic mass is 10.0. The van der Waals surface area contributed by atoms with E-state index < -0.39 is 0 Å². The van der Waals surface area contributed by atoms with Crippen LogP contribution in [0.3, 0.4) is 0 Å². The molecule has 5 nitrogen and oxygen atoms in total. The Balaban J connectivity index is 1.70. The average Bonchev–Trinajstić information content (AvgIpc) is 2.95. The molecule has 2 aromatic rings. The summed E-state index contributed by atoms with van der Waals surface area (Å²) >= 11 is 1.64. The summed E-state index contributed by atoms with van der Waals surface area (Å²) in [5.74, 6) is 0.928. The molecular formula is C14H20N4OS. The molecule has 0 aromatic carbocycles. The molecule has 1 aliphatic rings. The van der Waals surface area contributed by atoms with Gasteiger partial charge < -0.3 is 10.1 Å². The largest absolute Gasteiger partial charge is 0.379 e. The van der Waals surface area contributed by atoms with Crippen molar-refractivity contribution >= 4 is 27.4 Å². The fraction of sp³-hybridized carbons (Fsp3) is 0.571. The molecule has 3 rings (SSSR count). The van der Waals surface area contributed by atoms with E-state index in [0.717, 1.165) is 48.9 Å². The van der Waals surface area contributed by atoms with Crippen molar-refractivity contribution in [1.29, 1.82) is 0 Å². The minimum Gasteiger partial charge on any atom is -0.379 e. The lowest BCUT2D eigenvalue weighted by Crippen LogP contribution is -2.53. The lowest BCUT2D eigenvalue weighted by Gasteiger charge is -2.41. The highest BCUT2D eigenvalue weighted by Crippen LogP contribution is 2.25. The zero-order chi connectivity index (χ0) is 14.0. The minimum absolute atomic E-state index is 0.0804. The van der Waals surface area contributed by atoms with Gasteiger partial charge in [-0.3, -0.25) is 4.90 Å². The van der Waals surface area contributed by atoms with Gasteiger partial charge in [-0.1, -0.05) is 0 Å². The number of rotatable bonds is 4. The van der Waals surface area contributed by atoms with Gasteiger partial charge >= 0.3 is 0 Å². The number of anilines is 1. The van der Waals surface area contributed by atoms with Gasteiger partial charge in [-0.15, -0.1) is 11.3 Å². The zero-order valence-corrected chi connectivity index (χ0v) is 12.7. The fourth-order valence-corrected chi connectivity index (χ4v) is 3.24. The highest BCUT2D eigenvalue weighted by molar-refractivity contribution is 7.16. The molecule has 0 amide bonds. The van der Waals surface area contributed by atoms with Crippen LogP contribution in [-0.2, 0) is 4.74 Å². The van der Waals surface area contributed by atoms with Crippen LogP contribution in [-0.4, -0.2) is 53.3 Å². The van der Waals surface area contributed by atoms with Gasteiger partial charge in [-0.2, -0.15) is 0 Å². The molecule has 2 aromatic heterocycles. The summed E-state index contributed by atoms with van der Waals surface area (Å²) in [6.45, 7) is 9.01. The van der Waals surface area contributed by atoms with Crippen LogP contribution >= 0.6 is 11.3 Å². The molecule has 20 heavy (non-hydrogen) atoms. The summed E-state index contributed by atoms with van der Waals surface area (Å²) in [7, 11) is 0. The van der Waals surface area contributed by atoms with Crippen molar-refractivity contribution in [1.82, 2.24) is 14.9 Å². The second-order valence-corrected chi connectivity index (χ2v) is 6.52. The van der Waals surface area contributed by atoms with Gasteiger partial charge in [0, 0.05) is 25.2 Å². The van der Waals surface area contributed by atoms with Gasteiger partial charge in [0.15, 0.2) is 0 Å². The van der Waals surface area contributed by atoms with Crippen LogP contribution in [0.4, 0.5) is 5.82 Å². The van der Waals surface area contributed by atoms with Gasteiger partial charge in [0.1, 0.15) is 17.0 Å². The zero-order valence-electron chi connectivity index (χ0n) is 11.9. The van der Waals surface area contributed by atoms with E-state index in [9.17, 15) is 0 Å². The number of ether oxygens (including phenoxy) is 1. The van der Waals surface area contributed by atoms with E-state index in [1.807, 2.05) is 0 Å². The van der Waals surface area contributed by atoms with Crippen LogP contribution in [0.5, 0.6) is 0 Å². The highest BCUT2D eigenvalue weighted by Gasteiger charge is 2.28. The van der Waals surface area contributed by atoms with Crippen molar-refractivity contribution in [2.24, 2.45) is 0 Å². The van der Waals surface area contributed by atoms with Crippen LogP contribution < -0.4 is 5.32 Å². The SMILES string of the molecule is CC(C)(CNc1ncnc2sccc12)N1CCOCC1. The minimum atomic E-state index is 0.0804. The Labute approximate surface area is 123 Å². The Morgan fingerprint density at radius 1 is 1.35 bits per heavy atom. The lowest BCUT2D eigenvalue weighted by molar-refractivity contribution is -0.00569. The maximum absolute atomic E-state index is 5.42. The average molecular weight is 292 g/mol. The van der Waals surface area contributed by atoms with E-state index in [1.165, 1.54) is 0 Å². The van der Waals surface area contributed by atoms with Crippen molar-refractivity contribution in [3.63, 3.8) is 0 Å². The van der Waals surface area contributed by atoms with Gasteiger partial charge in [0.05, 0.1) is 18.6 Å². The molecule has 1 saturated heterocycles. The first-order valence-corrected chi connectivity index (χ1v) is 7.80. The highest BCUT2D eigenvalue weighted by atomic mass is 32.1. The van der Waals surface area contributed by atoms with Crippen LogP contribution in [0.2, 0.25) is 0 Å². The third-order valence-electron chi connectivity index (χ3n) is 3.82. The smallest absolute Gasteiger partial charge is 0.138 e. The molecule has 0 aliphatic carbocycles. The molecule has 0 bridgehead atoms. The standard InChI is InChI=1S/C14H20N4OS/c1-14(2,18-4-6-19-7-5-18)9-15-12-11-3-8-20-13(11)17-10-16-12/h3,8,10H,4-7,9H2,1-2H3,(H,15,16,17). The van der Waals surface area contributed by atoms with Gasteiger partial charge in [0.2, 0.25) is 0 Å². The molecule has 0 radical (unpaired) electrons. The topological polar surface area (TPSA) is 50.3 Å². The number of morpholine rings is 1. The van der Waals surface area contributed by atoms with E-state index in [0.29, 0.717) is 0 Å². The predicted molar refractivity (Wildman–Crippen MR) is 82.4 cm³/mol. The van der Waals surface area contributed by atoms with E-state index in [-0.39, 0.29) is 5.54 Å². The number of nitrogens with zero attached hydrogens (tertiary/aromatic N) is 3. The first-order valence-electron chi connectivity index (χ1n) is 6.92. The monoisotopic (exact) mass is 292 g/mol. The van der Waals surface area contributed by atoms with Crippen LogP contribution in [0.15, 0.2) is 17.8 Å². The summed E-state index contributed by atoms with van der Waals surface area (Å²) in [6, 6.07) is 2.07. The van der Waals surface area contributed by atoms with E-state index >= 15 is 0 Å². The molecule has 0 saturated carbocycles. The number of nitrogens with one attached hydrogen (secondary N) is 1. The van der Waals surface area contributed by atoms with Crippen molar-refractivity contribution in [3.05, 3.63) is 17.8 Å². The number of fused-ring (bicyclic) bond motifs is 1. The molecule has 0 unspecified atom stereocenters. The Hall–Kier alpha value is -1.24. The summed E-state index contributed by atoms with van der Waals surface area (Å²) in [5, 5.41) is 6.64. The first-order chi connectivity index (χ1) is 9.67. The second-order valence-electron chi connectivity index (χ2n) is 5.63. The first kappa shape index (κ1) is 13.7. The van der Waals surface area contributed by atoms with Gasteiger partial charge in [0.25, 0.3) is 0 Å². The molecule has 108 valence electrons. The van der Waals surface area contributed by atoms with E-state index in [2.05, 4.69) is 45.5 Å². The number of thiophene rings is 1. The molecule has 1 fully saturated rings. The Kier molecular flexibility index (Phi) is 3.87. The predicted octanol–water partition coefficient (Wildman–Crippen LogP) is 2.21. The molecule has 6 heteroatoms. The molecule has 0 spiro atoms. The third-order valence-corrected chi connectivity index (χ3v) is 4.64. The number of aromatic nitrogens is 2. The molecule has 3 heterocycles. The van der Waals surface area contributed by atoms with Crippen molar-refractivity contribution in [2.75, 3.05) is 38.2 Å². The number of hydrogen-bond donors (Lipinski definition) is 1. The molecular weight excluding hydrogens is 272 g/mol. The van der Waals surface area contributed by atoms with Gasteiger partial charge in [-0.25, -0.2) is 9.97 Å². The van der Waals surface area contributed by atoms with Crippen LogP contribution in [0, 0.1) is 0 Å². The molecule has 1 N–H and O–H groups in total. The van der Waals surface area contributed by atoms with Crippen LogP contribution in [0.25, 0.3) is 10.2 Å². The summed E-state index contributed by atoms with van der Waals surface area (Å²) in [5.41, 5.74) is 0.0804. The van der Waals surface area contributed by atoms with Gasteiger partial charge in [-0.05, 0) is 25.3 Å². The summed E-state index contributed by atoms with van der Waals surface area (Å²) in [6.07, 6.45) is 1.63. The van der Waals surface area contributed by atoms with Crippen molar-refractivity contribution in [3.8, 4) is 0 Å². The number of hydrogen-bond acceptors (Lipinski definition) is 6. The third kappa shape index (κ3) is 2.77. The maximum Gasteiger partial charge on any atom is 0.138 e. The van der Waals surface area contributed by atoms with E-state index in [1.54, 1.807) is 17.7 Å². The quantitative estimate of drug-likeness (QED) is 0.936. The Bertz CT molecular complexity index is 577. The second kappa shape index (κ2) is 5.63. The Morgan fingerprint density at radius 3 is 2.95 bits per heavy atom. The Morgan fingerprint density at radius 2 is 2.15 bits per heavy atom. The van der Waals surface area contributed by atoms with E-state index in [4.69, 9.17) is 4.74 Å². The fourth-order valence-electron chi connectivity index (χ4n) is 2.51. The summed E-state index contributed by atoms with van der Waals surface area (Å²) in [4.78, 5) is 12.1. The molecule has 1 aliphatic heterocycles. The van der Waals surface area contributed by atoms with Crippen molar-refractivity contribution < 1.29 is 4.74 Å². The van der Waals surface area contributed by atoms with Crippen LogP contribution in [0.1, 0.15) is 13.8 Å².